The van der Waals surface area contributed by atoms with E-state index in [-0.39, 0.29) is 17.5 Å². The fourth-order valence-electron chi connectivity index (χ4n) is 2.55. The van der Waals surface area contributed by atoms with E-state index >= 15 is 0 Å². The van der Waals surface area contributed by atoms with Gasteiger partial charge in [-0.05, 0) is 30.6 Å². The Morgan fingerprint density at radius 2 is 1.91 bits per heavy atom. The quantitative estimate of drug-likeness (QED) is 0.515. The number of amides is 1. The molecule has 3 nitrogen and oxygen atoms in total. The summed E-state index contributed by atoms with van der Waals surface area (Å²) < 4.78 is 0. The van der Waals surface area contributed by atoms with Gasteiger partial charge in [-0.2, -0.15) is 5.26 Å². The second-order valence-corrected chi connectivity index (χ2v) is 5.85. The molecule has 0 aromatic heterocycles. The molecule has 1 amide bonds. The number of nitriles is 1. The van der Waals surface area contributed by atoms with Crippen LogP contribution in [0.5, 0.6) is 0 Å². The van der Waals surface area contributed by atoms with E-state index in [1.54, 1.807) is 6.08 Å². The van der Waals surface area contributed by atoms with Gasteiger partial charge in [0.05, 0.1) is 0 Å². The van der Waals surface area contributed by atoms with Gasteiger partial charge in [0.2, 0.25) is 0 Å². The second kappa shape index (κ2) is 8.41. The molecule has 1 aromatic rings. The smallest absolute Gasteiger partial charge is 0.262 e. The number of nitrogens with zero attached hydrogens (tertiary/aromatic N) is 1. The van der Waals surface area contributed by atoms with Gasteiger partial charge in [-0.1, -0.05) is 61.2 Å². The van der Waals surface area contributed by atoms with E-state index in [2.05, 4.69) is 5.32 Å². The molecule has 0 bridgehead atoms. The van der Waals surface area contributed by atoms with E-state index in [0.717, 1.165) is 31.2 Å². The first-order chi connectivity index (χ1) is 10.7. The fraction of sp³-hybridized carbons (Fsp3) is 0.333. The Morgan fingerprint density at radius 3 is 2.55 bits per heavy atom. The third-order valence-electron chi connectivity index (χ3n) is 3.69. The van der Waals surface area contributed by atoms with Gasteiger partial charge in [0.15, 0.2) is 0 Å². The maximum atomic E-state index is 12.1. The van der Waals surface area contributed by atoms with Crippen LogP contribution in [0.25, 0.3) is 6.08 Å². The first-order valence-electron chi connectivity index (χ1n) is 7.54. The molecule has 0 heterocycles. The van der Waals surface area contributed by atoms with Crippen molar-refractivity contribution in [3.63, 3.8) is 0 Å². The van der Waals surface area contributed by atoms with Crippen LogP contribution >= 0.6 is 11.6 Å². The van der Waals surface area contributed by atoms with E-state index < -0.39 is 0 Å². The molecule has 0 atom stereocenters. The molecule has 0 aliphatic heterocycles. The predicted molar refractivity (Wildman–Crippen MR) is 89.0 cm³/mol. The van der Waals surface area contributed by atoms with Gasteiger partial charge in [0.1, 0.15) is 11.6 Å². The molecule has 1 aliphatic carbocycles. The van der Waals surface area contributed by atoms with Crippen LogP contribution in [0.15, 0.2) is 47.0 Å². The van der Waals surface area contributed by atoms with Gasteiger partial charge in [-0.15, -0.1) is 0 Å². The van der Waals surface area contributed by atoms with Gasteiger partial charge in [-0.25, -0.2) is 0 Å². The Labute approximate surface area is 136 Å². The monoisotopic (exact) mass is 314 g/mol. The molecule has 0 radical (unpaired) electrons. The lowest BCUT2D eigenvalue weighted by Gasteiger charge is -2.22. The van der Waals surface area contributed by atoms with Crippen molar-refractivity contribution >= 4 is 23.6 Å². The highest BCUT2D eigenvalue weighted by Gasteiger charge is 2.18. The minimum absolute atomic E-state index is 0.0442. The Balaban J connectivity index is 2.04. The van der Waals surface area contributed by atoms with Crippen LogP contribution in [0.2, 0.25) is 0 Å². The molecule has 1 N–H and O–H groups in total. The number of rotatable bonds is 4. The topological polar surface area (TPSA) is 52.9 Å². The van der Waals surface area contributed by atoms with Crippen LogP contribution in [0.4, 0.5) is 0 Å². The first kappa shape index (κ1) is 16.3. The lowest BCUT2D eigenvalue weighted by molar-refractivity contribution is -0.118. The maximum Gasteiger partial charge on any atom is 0.262 e. The van der Waals surface area contributed by atoms with Crippen molar-refractivity contribution < 1.29 is 4.79 Å². The summed E-state index contributed by atoms with van der Waals surface area (Å²) in [5, 5.41) is 12.5. The van der Waals surface area contributed by atoms with Gasteiger partial charge >= 0.3 is 0 Å². The largest absolute Gasteiger partial charge is 0.349 e. The van der Waals surface area contributed by atoms with E-state index in [1.165, 1.54) is 12.5 Å². The summed E-state index contributed by atoms with van der Waals surface area (Å²) in [5.74, 6) is -0.339. The number of allylic oxidation sites excluding steroid dienone is 2. The van der Waals surface area contributed by atoms with Crippen molar-refractivity contribution in [2.45, 2.75) is 38.1 Å². The maximum absolute atomic E-state index is 12.1. The van der Waals surface area contributed by atoms with Crippen molar-refractivity contribution in [2.75, 3.05) is 0 Å². The molecule has 22 heavy (non-hydrogen) atoms. The summed E-state index contributed by atoms with van der Waals surface area (Å²) in [6, 6.07) is 11.6. The van der Waals surface area contributed by atoms with Gasteiger partial charge in [0.25, 0.3) is 5.91 Å². The van der Waals surface area contributed by atoms with Crippen LogP contribution < -0.4 is 5.32 Å². The molecule has 1 saturated carbocycles. The predicted octanol–water partition coefficient (Wildman–Crippen LogP) is 4.17. The number of carbonyl (C=O) groups is 1. The number of benzene rings is 1. The summed E-state index contributed by atoms with van der Waals surface area (Å²) in [5.41, 5.74) is 0.969. The lowest BCUT2D eigenvalue weighted by atomic mass is 9.95. The molecule has 0 unspecified atom stereocenters. The normalized spacial score (nSPS) is 16.9. The minimum Gasteiger partial charge on any atom is -0.349 e. The molecule has 114 valence electrons. The van der Waals surface area contributed by atoms with Crippen molar-refractivity contribution in [1.29, 1.82) is 5.26 Å². The van der Waals surface area contributed by atoms with Crippen LogP contribution in [0.1, 0.15) is 37.7 Å². The third-order valence-corrected chi connectivity index (χ3v) is 3.91. The third kappa shape index (κ3) is 5.05. The molecular weight excluding hydrogens is 296 g/mol. The average molecular weight is 315 g/mol. The van der Waals surface area contributed by atoms with E-state index in [1.807, 2.05) is 36.4 Å². The van der Waals surface area contributed by atoms with Gasteiger partial charge < -0.3 is 5.32 Å². The molecule has 1 fully saturated rings. The first-order valence-corrected chi connectivity index (χ1v) is 7.92. The Kier molecular flexibility index (Phi) is 6.24. The average Bonchev–Trinajstić information content (AvgIpc) is 2.54. The van der Waals surface area contributed by atoms with Crippen molar-refractivity contribution in [2.24, 2.45) is 0 Å². The van der Waals surface area contributed by atoms with Crippen molar-refractivity contribution in [1.82, 2.24) is 5.32 Å². The zero-order valence-electron chi connectivity index (χ0n) is 12.4. The zero-order valence-corrected chi connectivity index (χ0v) is 13.1. The summed E-state index contributed by atoms with van der Waals surface area (Å²) in [4.78, 5) is 12.1. The number of nitrogens with one attached hydrogen (secondary N) is 1. The standard InChI is InChI=1S/C18H19ClN2O/c19-16(11-14-7-3-1-4-8-14)12-15(13-20)18(22)21-17-9-5-2-6-10-17/h1,3-4,7-8,11-12,17H,2,5-6,9-10H2,(H,21,22). The molecule has 1 aromatic carbocycles. The summed E-state index contributed by atoms with van der Waals surface area (Å²) in [6.45, 7) is 0. The molecular formula is C18H19ClN2O. The molecule has 0 spiro atoms. The van der Waals surface area contributed by atoms with Crippen LogP contribution in [0, 0.1) is 11.3 Å². The molecule has 2 rings (SSSR count). The summed E-state index contributed by atoms with van der Waals surface area (Å²) in [6.07, 6.45) is 8.60. The zero-order chi connectivity index (χ0) is 15.8. The number of carbonyl (C=O) groups excluding carboxylic acids is 1. The van der Waals surface area contributed by atoms with Gasteiger partial charge in [-0.3, -0.25) is 4.79 Å². The van der Waals surface area contributed by atoms with E-state index in [0.29, 0.717) is 5.03 Å². The van der Waals surface area contributed by atoms with Crippen LogP contribution in [0.3, 0.4) is 0 Å². The van der Waals surface area contributed by atoms with Crippen molar-refractivity contribution in [3.05, 3.63) is 52.6 Å². The highest BCUT2D eigenvalue weighted by Crippen LogP contribution is 2.18. The Morgan fingerprint density at radius 1 is 1.23 bits per heavy atom. The van der Waals surface area contributed by atoms with Crippen LogP contribution in [-0.2, 0) is 4.79 Å². The van der Waals surface area contributed by atoms with Crippen LogP contribution in [-0.4, -0.2) is 11.9 Å². The lowest BCUT2D eigenvalue weighted by Crippen LogP contribution is -2.36. The fourth-order valence-corrected chi connectivity index (χ4v) is 2.78. The van der Waals surface area contributed by atoms with E-state index in [4.69, 9.17) is 11.6 Å². The van der Waals surface area contributed by atoms with E-state index in [9.17, 15) is 10.1 Å². The minimum atomic E-state index is -0.339. The van der Waals surface area contributed by atoms with Gasteiger partial charge in [0, 0.05) is 11.1 Å². The SMILES string of the molecule is N#CC(=CC(Cl)=Cc1ccccc1)C(=O)NC1CCCCC1. The van der Waals surface area contributed by atoms with Crippen molar-refractivity contribution in [3.8, 4) is 6.07 Å². The molecule has 1 aliphatic rings. The molecule has 0 saturated heterocycles. The number of hydrogen-bond donors (Lipinski definition) is 1. The Bertz CT molecular complexity index is 608. The molecule has 4 heteroatoms. The number of halogens is 1. The highest BCUT2D eigenvalue weighted by atomic mass is 35.5. The summed E-state index contributed by atoms with van der Waals surface area (Å²) in [7, 11) is 0. The summed E-state index contributed by atoms with van der Waals surface area (Å²) >= 11 is 6.13. The number of hydrogen-bond acceptors (Lipinski definition) is 2. The highest BCUT2D eigenvalue weighted by molar-refractivity contribution is 6.33. The Hall–Kier alpha value is -2.05. The second-order valence-electron chi connectivity index (χ2n) is 5.42.